The van der Waals surface area contributed by atoms with Gasteiger partial charge in [0, 0.05) is 27.7 Å². The molecule has 1 heterocycles. The number of hydrogen-bond acceptors (Lipinski definition) is 5. The summed E-state index contributed by atoms with van der Waals surface area (Å²) in [4.78, 5) is 19.8. The Hall–Kier alpha value is -3.48. The minimum Gasteiger partial charge on any atom is -0.471 e. The predicted octanol–water partition coefficient (Wildman–Crippen LogP) is 6.59. The number of nitrogens with zero attached hydrogens (tertiary/aromatic N) is 3. The van der Waals surface area contributed by atoms with Gasteiger partial charge in [-0.15, -0.1) is 0 Å². The summed E-state index contributed by atoms with van der Waals surface area (Å²) in [6.45, 7) is 0.181. The zero-order valence-electron chi connectivity index (χ0n) is 16.0. The van der Waals surface area contributed by atoms with Crippen molar-refractivity contribution in [2.24, 2.45) is 0 Å². The number of aromatic nitrogens is 2. The Kier molecular flexibility index (Phi) is 6.11. The average molecular weight is 452 g/mol. The van der Waals surface area contributed by atoms with E-state index in [4.69, 9.17) is 27.9 Å². The van der Waals surface area contributed by atoms with Crippen LogP contribution >= 0.6 is 23.2 Å². The number of halogens is 2. The quantitative estimate of drug-likeness (QED) is 0.244. The largest absolute Gasteiger partial charge is 0.471 e. The molecule has 0 saturated heterocycles. The Labute approximate surface area is 187 Å². The van der Waals surface area contributed by atoms with Gasteiger partial charge in [0.1, 0.15) is 12.3 Å². The van der Waals surface area contributed by atoms with Crippen molar-refractivity contribution in [2.75, 3.05) is 0 Å². The molecule has 0 spiro atoms. The smallest absolute Gasteiger partial charge is 0.270 e. The van der Waals surface area contributed by atoms with E-state index in [1.807, 2.05) is 24.3 Å². The first-order valence-electron chi connectivity index (χ1n) is 9.25. The number of nitro groups is 1. The number of para-hydroxylation sites is 2. The Morgan fingerprint density at radius 1 is 0.935 bits per heavy atom. The van der Waals surface area contributed by atoms with Crippen LogP contribution in [-0.2, 0) is 6.61 Å². The molecule has 154 valence electrons. The molecule has 6 nitrogen and oxygen atoms in total. The SMILES string of the molecule is O=[N+]([O-])c1cccc(C=Cc2nc3ccccc3nc2OCc2ccc(Cl)cc2Cl)c1. The van der Waals surface area contributed by atoms with Crippen LogP contribution in [0, 0.1) is 10.1 Å². The van der Waals surface area contributed by atoms with Gasteiger partial charge < -0.3 is 4.74 Å². The Balaban J connectivity index is 1.67. The number of nitro benzene ring substituents is 1. The van der Waals surface area contributed by atoms with Gasteiger partial charge in [0.2, 0.25) is 5.88 Å². The Bertz CT molecular complexity index is 1310. The predicted molar refractivity (Wildman–Crippen MR) is 122 cm³/mol. The summed E-state index contributed by atoms with van der Waals surface area (Å²) >= 11 is 12.2. The number of hydrogen-bond donors (Lipinski definition) is 0. The maximum atomic E-state index is 11.0. The van der Waals surface area contributed by atoms with E-state index in [0.717, 1.165) is 5.56 Å². The van der Waals surface area contributed by atoms with Gasteiger partial charge in [0.25, 0.3) is 5.69 Å². The van der Waals surface area contributed by atoms with Crippen molar-refractivity contribution in [3.05, 3.63) is 104 Å². The molecular weight excluding hydrogens is 437 g/mol. The molecule has 31 heavy (non-hydrogen) atoms. The second-order valence-corrected chi connectivity index (χ2v) is 7.46. The van der Waals surface area contributed by atoms with Crippen LogP contribution in [0.2, 0.25) is 10.0 Å². The lowest BCUT2D eigenvalue weighted by molar-refractivity contribution is -0.384. The van der Waals surface area contributed by atoms with Crippen LogP contribution in [0.5, 0.6) is 5.88 Å². The molecule has 3 aromatic carbocycles. The molecule has 4 aromatic rings. The number of rotatable bonds is 6. The summed E-state index contributed by atoms with van der Waals surface area (Å²) in [6, 6.07) is 18.9. The molecule has 8 heteroatoms. The lowest BCUT2D eigenvalue weighted by atomic mass is 10.1. The fourth-order valence-corrected chi connectivity index (χ4v) is 3.38. The first kappa shape index (κ1) is 20.8. The van der Waals surface area contributed by atoms with Crippen molar-refractivity contribution in [3.8, 4) is 5.88 Å². The van der Waals surface area contributed by atoms with Gasteiger partial charge in [0.05, 0.1) is 16.0 Å². The third-order valence-corrected chi connectivity index (χ3v) is 5.04. The fraction of sp³-hybridized carbons (Fsp3) is 0.0435. The van der Waals surface area contributed by atoms with Crippen LogP contribution < -0.4 is 4.74 Å². The molecule has 1 aromatic heterocycles. The van der Waals surface area contributed by atoms with E-state index in [1.54, 1.807) is 42.5 Å². The van der Waals surface area contributed by atoms with E-state index in [1.165, 1.54) is 12.1 Å². The molecular formula is C23H15Cl2N3O3. The average Bonchev–Trinajstić information content (AvgIpc) is 2.77. The van der Waals surface area contributed by atoms with Gasteiger partial charge in [-0.3, -0.25) is 10.1 Å². The van der Waals surface area contributed by atoms with Crippen LogP contribution in [0.15, 0.2) is 66.7 Å². The minimum absolute atomic E-state index is 0.0144. The van der Waals surface area contributed by atoms with Crippen LogP contribution in [-0.4, -0.2) is 14.9 Å². The summed E-state index contributed by atoms with van der Waals surface area (Å²) in [5, 5.41) is 12.1. The van der Waals surface area contributed by atoms with Crippen LogP contribution in [0.3, 0.4) is 0 Å². The first-order valence-corrected chi connectivity index (χ1v) is 10.0. The highest BCUT2D eigenvalue weighted by molar-refractivity contribution is 6.35. The summed E-state index contributed by atoms with van der Waals surface area (Å²) in [7, 11) is 0. The summed E-state index contributed by atoms with van der Waals surface area (Å²) in [5.41, 5.74) is 3.33. The van der Waals surface area contributed by atoms with Gasteiger partial charge in [-0.1, -0.05) is 59.6 Å². The molecule has 0 atom stereocenters. The van der Waals surface area contributed by atoms with E-state index in [-0.39, 0.29) is 12.3 Å². The Morgan fingerprint density at radius 3 is 2.45 bits per heavy atom. The molecule has 0 bridgehead atoms. The number of ether oxygens (including phenoxy) is 1. The minimum atomic E-state index is -0.433. The molecule has 0 saturated carbocycles. The third-order valence-electron chi connectivity index (χ3n) is 4.46. The number of fused-ring (bicyclic) bond motifs is 1. The monoisotopic (exact) mass is 451 g/mol. The molecule has 0 aliphatic rings. The third kappa shape index (κ3) is 4.99. The highest BCUT2D eigenvalue weighted by Crippen LogP contribution is 2.26. The van der Waals surface area contributed by atoms with E-state index in [2.05, 4.69) is 9.97 Å². The number of benzene rings is 3. The highest BCUT2D eigenvalue weighted by Gasteiger charge is 2.11. The van der Waals surface area contributed by atoms with Gasteiger partial charge in [0.15, 0.2) is 0 Å². The topological polar surface area (TPSA) is 78.2 Å². The van der Waals surface area contributed by atoms with Gasteiger partial charge in [-0.2, -0.15) is 0 Å². The zero-order valence-corrected chi connectivity index (χ0v) is 17.5. The molecule has 4 rings (SSSR count). The molecule has 0 aliphatic carbocycles. The van der Waals surface area contributed by atoms with Gasteiger partial charge in [-0.05, 0) is 35.9 Å². The van der Waals surface area contributed by atoms with Crippen molar-refractivity contribution >= 4 is 52.1 Å². The summed E-state index contributed by atoms with van der Waals surface area (Å²) in [6.07, 6.45) is 3.45. The normalized spacial score (nSPS) is 11.2. The lowest BCUT2D eigenvalue weighted by Gasteiger charge is -2.10. The molecule has 0 unspecified atom stereocenters. The van der Waals surface area contributed by atoms with E-state index in [0.29, 0.717) is 38.2 Å². The second kappa shape index (κ2) is 9.12. The van der Waals surface area contributed by atoms with Gasteiger partial charge >= 0.3 is 0 Å². The van der Waals surface area contributed by atoms with E-state index < -0.39 is 4.92 Å². The van der Waals surface area contributed by atoms with Crippen LogP contribution in [0.25, 0.3) is 23.2 Å². The maximum Gasteiger partial charge on any atom is 0.270 e. The second-order valence-electron chi connectivity index (χ2n) is 6.61. The zero-order chi connectivity index (χ0) is 21.8. The van der Waals surface area contributed by atoms with Crippen molar-refractivity contribution in [3.63, 3.8) is 0 Å². The molecule has 0 aliphatic heterocycles. The Morgan fingerprint density at radius 2 is 1.71 bits per heavy atom. The standard InChI is InChI=1S/C23H15Cl2N3O3/c24-17-10-9-16(19(25)13-17)14-31-23-22(26-20-6-1-2-7-21(20)27-23)11-8-15-4-3-5-18(12-15)28(29)30/h1-13H,14H2. The van der Waals surface area contributed by atoms with Crippen molar-refractivity contribution in [1.82, 2.24) is 9.97 Å². The fourth-order valence-electron chi connectivity index (χ4n) is 2.91. The summed E-state index contributed by atoms with van der Waals surface area (Å²) in [5.74, 6) is 0.325. The highest BCUT2D eigenvalue weighted by atomic mass is 35.5. The number of non-ortho nitro benzene ring substituents is 1. The molecule has 0 N–H and O–H groups in total. The van der Waals surface area contributed by atoms with Crippen molar-refractivity contribution in [1.29, 1.82) is 0 Å². The van der Waals surface area contributed by atoms with Crippen molar-refractivity contribution < 1.29 is 9.66 Å². The molecule has 0 radical (unpaired) electrons. The van der Waals surface area contributed by atoms with Crippen molar-refractivity contribution in [2.45, 2.75) is 6.61 Å². The lowest BCUT2D eigenvalue weighted by Crippen LogP contribution is -2.02. The van der Waals surface area contributed by atoms with Crippen LogP contribution in [0.1, 0.15) is 16.8 Å². The first-order chi connectivity index (χ1) is 15.0. The maximum absolute atomic E-state index is 11.0. The summed E-state index contributed by atoms with van der Waals surface area (Å²) < 4.78 is 5.94. The van der Waals surface area contributed by atoms with E-state index >= 15 is 0 Å². The van der Waals surface area contributed by atoms with Gasteiger partial charge in [-0.25, -0.2) is 9.97 Å². The molecule has 0 amide bonds. The van der Waals surface area contributed by atoms with E-state index in [9.17, 15) is 10.1 Å². The van der Waals surface area contributed by atoms with Crippen LogP contribution in [0.4, 0.5) is 5.69 Å². The molecule has 0 fully saturated rings.